The van der Waals surface area contributed by atoms with Crippen LogP contribution in [0.4, 0.5) is 0 Å². The first-order valence-corrected chi connectivity index (χ1v) is 24.7. The zero-order chi connectivity index (χ0) is 45.3. The molecule has 0 aliphatic heterocycles. The van der Waals surface area contributed by atoms with Crippen molar-refractivity contribution in [3.63, 3.8) is 0 Å². The van der Waals surface area contributed by atoms with Gasteiger partial charge in [0.05, 0.1) is 0 Å². The molecule has 0 aromatic heterocycles. The van der Waals surface area contributed by atoms with Crippen LogP contribution in [0.25, 0.3) is 61.2 Å². The van der Waals surface area contributed by atoms with E-state index in [4.69, 9.17) is 0 Å². The summed E-state index contributed by atoms with van der Waals surface area (Å²) in [4.78, 5) is 0. The van der Waals surface area contributed by atoms with Crippen LogP contribution in [-0.2, 0) is 0 Å². The van der Waals surface area contributed by atoms with Crippen LogP contribution in [0.2, 0.25) is 0 Å². The molecule has 66 heavy (non-hydrogen) atoms. The van der Waals surface area contributed by atoms with Gasteiger partial charge in [0.2, 0.25) is 0 Å². The smallest absolute Gasteiger partial charge is 0.0117 e. The summed E-state index contributed by atoms with van der Waals surface area (Å²) in [5.41, 5.74) is 26.8. The minimum absolute atomic E-state index is 0.212. The molecule has 10 rings (SSSR count). The van der Waals surface area contributed by atoms with Crippen molar-refractivity contribution in [3.8, 4) is 55.6 Å². The molecule has 0 bridgehead atoms. The molecule has 328 valence electrons. The molecule has 0 spiro atoms. The first kappa shape index (κ1) is 43.4. The summed E-state index contributed by atoms with van der Waals surface area (Å²) in [6.45, 7) is 16.5. The monoisotopic (exact) mass is 857 g/mol. The molecule has 3 aliphatic rings. The molecule has 3 atom stereocenters. The third-order valence-electron chi connectivity index (χ3n) is 15.5. The zero-order valence-electron chi connectivity index (χ0n) is 39.7. The topological polar surface area (TPSA) is 0 Å². The number of aryl methyl sites for hydroxylation is 1. The number of allylic oxidation sites excluding steroid dienone is 7. The van der Waals surface area contributed by atoms with Crippen LogP contribution in [-0.4, -0.2) is 0 Å². The van der Waals surface area contributed by atoms with E-state index in [1.165, 1.54) is 138 Å². The second-order valence-electron chi connectivity index (χ2n) is 19.6. The minimum Gasteiger partial charge on any atom is -0.0956 e. The van der Waals surface area contributed by atoms with E-state index in [1.54, 1.807) is 5.57 Å². The van der Waals surface area contributed by atoms with Crippen molar-refractivity contribution in [2.24, 2.45) is 5.92 Å². The Bertz CT molecular complexity index is 3020. The summed E-state index contributed by atoms with van der Waals surface area (Å²) in [6.07, 6.45) is 16.0. The molecule has 0 heterocycles. The van der Waals surface area contributed by atoms with Crippen molar-refractivity contribution in [1.82, 2.24) is 0 Å². The van der Waals surface area contributed by atoms with Gasteiger partial charge in [0.15, 0.2) is 0 Å². The molecule has 1 saturated carbocycles. The van der Waals surface area contributed by atoms with Gasteiger partial charge >= 0.3 is 0 Å². The molecule has 0 heteroatoms. The van der Waals surface area contributed by atoms with Gasteiger partial charge < -0.3 is 0 Å². The van der Waals surface area contributed by atoms with E-state index in [1.807, 2.05) is 0 Å². The zero-order valence-corrected chi connectivity index (χ0v) is 39.7. The Morgan fingerprint density at radius 1 is 0.606 bits per heavy atom. The van der Waals surface area contributed by atoms with Gasteiger partial charge in [-0.3, -0.25) is 0 Å². The highest BCUT2D eigenvalue weighted by Gasteiger charge is 2.33. The second-order valence-corrected chi connectivity index (χ2v) is 19.6. The van der Waals surface area contributed by atoms with E-state index in [0.29, 0.717) is 11.8 Å². The fraction of sp³-hybridized carbons (Fsp3) is 0.242. The maximum absolute atomic E-state index is 4.69. The van der Waals surface area contributed by atoms with Crippen molar-refractivity contribution in [2.75, 3.05) is 0 Å². The third kappa shape index (κ3) is 8.44. The van der Waals surface area contributed by atoms with Gasteiger partial charge in [-0.15, -0.1) is 0 Å². The standard InChI is InChI=1S/C66H64/c1-43-22-16-17-33-59(43)64(45(3)36-44(2)49-23-10-7-11-24-49)46(4)56-39-57(50-25-12-8-13-26-50)41-58(40-56)54-31-20-29-52(37-54)53-30-21-32-55(38-53)63-42-62(51-27-14-9-15-28-51)48(6)65-47(5)60-34-18-19-35-61(60)66(63)65/h8-9,12-17,19-22,25-33,35-42,46-47,49,64H,2,7,10-11,18,23-24,34H2,1,3-6H3/b45-36-. The SMILES string of the molecule is C=C(/C=C(/C)C(c1ccccc1C)C(C)c1cc(-c2ccccc2)cc(-c2cccc(-c3cccc(-c4cc(-c5ccccc5)c(C)c5c4C4=C(CCC=C4)C5C)c3)c2)c1)C1CCCCC1. The summed E-state index contributed by atoms with van der Waals surface area (Å²) in [5, 5.41) is 0. The number of benzene rings is 7. The highest BCUT2D eigenvalue weighted by molar-refractivity contribution is 5.97. The lowest BCUT2D eigenvalue weighted by Gasteiger charge is -2.30. The van der Waals surface area contributed by atoms with E-state index >= 15 is 0 Å². The molecule has 7 aromatic rings. The quantitative estimate of drug-likeness (QED) is 0.114. The van der Waals surface area contributed by atoms with Gasteiger partial charge in [-0.1, -0.05) is 208 Å². The number of fused-ring (bicyclic) bond motifs is 2. The van der Waals surface area contributed by atoms with Gasteiger partial charge in [0, 0.05) is 11.8 Å². The van der Waals surface area contributed by atoms with Gasteiger partial charge in [-0.2, -0.15) is 0 Å². The summed E-state index contributed by atoms with van der Waals surface area (Å²) in [6, 6.07) is 59.3. The van der Waals surface area contributed by atoms with Crippen LogP contribution < -0.4 is 0 Å². The Labute approximate surface area is 395 Å². The summed E-state index contributed by atoms with van der Waals surface area (Å²) >= 11 is 0. The van der Waals surface area contributed by atoms with Gasteiger partial charge in [-0.05, 0) is 177 Å². The summed E-state index contributed by atoms with van der Waals surface area (Å²) < 4.78 is 0. The van der Waals surface area contributed by atoms with E-state index < -0.39 is 0 Å². The molecule has 3 unspecified atom stereocenters. The first-order chi connectivity index (χ1) is 32.2. The first-order valence-electron chi connectivity index (χ1n) is 24.7. The molecule has 0 radical (unpaired) electrons. The van der Waals surface area contributed by atoms with Crippen LogP contribution in [0.1, 0.15) is 117 Å². The largest absolute Gasteiger partial charge is 0.0956 e. The summed E-state index contributed by atoms with van der Waals surface area (Å²) in [5.74, 6) is 1.44. The number of rotatable bonds is 11. The fourth-order valence-corrected chi connectivity index (χ4v) is 12.0. The predicted molar refractivity (Wildman–Crippen MR) is 284 cm³/mol. The molecule has 3 aliphatic carbocycles. The fourth-order valence-electron chi connectivity index (χ4n) is 12.0. The number of hydrogen-bond acceptors (Lipinski definition) is 0. The van der Waals surface area contributed by atoms with Gasteiger partial charge in [0.25, 0.3) is 0 Å². The molecule has 0 nitrogen and oxygen atoms in total. The molecule has 1 fully saturated rings. The minimum atomic E-state index is 0.212. The molecular formula is C66H64. The molecular weight excluding hydrogens is 793 g/mol. The highest BCUT2D eigenvalue weighted by Crippen LogP contribution is 2.53. The Morgan fingerprint density at radius 3 is 1.88 bits per heavy atom. The summed E-state index contributed by atoms with van der Waals surface area (Å²) in [7, 11) is 0. The van der Waals surface area contributed by atoms with E-state index in [2.05, 4.69) is 217 Å². The van der Waals surface area contributed by atoms with E-state index in [0.717, 1.165) is 12.8 Å². The molecule has 0 saturated heterocycles. The maximum Gasteiger partial charge on any atom is 0.0117 e. The van der Waals surface area contributed by atoms with Crippen LogP contribution in [0, 0.1) is 19.8 Å². The lowest BCUT2D eigenvalue weighted by Crippen LogP contribution is -2.13. The van der Waals surface area contributed by atoms with Crippen LogP contribution in [0.3, 0.4) is 0 Å². The maximum atomic E-state index is 4.69. The molecule has 0 N–H and O–H groups in total. The lowest BCUT2D eigenvalue weighted by atomic mass is 9.74. The van der Waals surface area contributed by atoms with E-state index in [-0.39, 0.29) is 11.8 Å². The van der Waals surface area contributed by atoms with Gasteiger partial charge in [0.1, 0.15) is 0 Å². The van der Waals surface area contributed by atoms with Crippen molar-refractivity contribution >= 4 is 5.57 Å². The third-order valence-corrected chi connectivity index (χ3v) is 15.5. The predicted octanol–water partition coefficient (Wildman–Crippen LogP) is 18.8. The van der Waals surface area contributed by atoms with Crippen LogP contribution in [0.5, 0.6) is 0 Å². The lowest BCUT2D eigenvalue weighted by molar-refractivity contribution is 0.408. The second kappa shape index (κ2) is 18.8. The highest BCUT2D eigenvalue weighted by atomic mass is 14.4. The van der Waals surface area contributed by atoms with Crippen molar-refractivity contribution in [3.05, 3.63) is 233 Å². The molecule has 7 aromatic carbocycles. The van der Waals surface area contributed by atoms with Crippen molar-refractivity contribution in [2.45, 2.75) is 97.3 Å². The van der Waals surface area contributed by atoms with Crippen LogP contribution >= 0.6 is 0 Å². The average molecular weight is 857 g/mol. The van der Waals surface area contributed by atoms with E-state index in [9.17, 15) is 0 Å². The average Bonchev–Trinajstić information content (AvgIpc) is 3.67. The van der Waals surface area contributed by atoms with Crippen molar-refractivity contribution < 1.29 is 0 Å². The molecule has 0 amide bonds. The Morgan fingerprint density at radius 2 is 1.18 bits per heavy atom. The van der Waals surface area contributed by atoms with Crippen LogP contribution in [0.15, 0.2) is 199 Å². The Kier molecular flexibility index (Phi) is 12.3. The number of hydrogen-bond donors (Lipinski definition) is 0. The normalized spacial score (nSPS) is 17.0. The Balaban J connectivity index is 1.07. The van der Waals surface area contributed by atoms with Crippen molar-refractivity contribution in [1.29, 1.82) is 0 Å². The Hall–Kier alpha value is -6.50. The van der Waals surface area contributed by atoms with Gasteiger partial charge in [-0.25, -0.2) is 0 Å².